The van der Waals surface area contributed by atoms with Crippen LogP contribution in [0.15, 0.2) is 61.7 Å². The van der Waals surface area contributed by atoms with Crippen LogP contribution in [0, 0.1) is 0 Å². The minimum absolute atomic E-state index is 0.192. The van der Waals surface area contributed by atoms with Crippen molar-refractivity contribution in [1.29, 1.82) is 0 Å². The second-order valence-corrected chi connectivity index (χ2v) is 8.86. The molecule has 2 fully saturated rings. The van der Waals surface area contributed by atoms with E-state index in [-0.39, 0.29) is 13.2 Å². The van der Waals surface area contributed by atoms with Gasteiger partial charge in [0.2, 0.25) is 0 Å². The van der Waals surface area contributed by atoms with Crippen LogP contribution in [-0.4, -0.2) is 60.7 Å². The minimum atomic E-state index is -1.26. The lowest BCUT2D eigenvalue weighted by atomic mass is 9.89. The van der Waals surface area contributed by atoms with Crippen molar-refractivity contribution in [2.75, 3.05) is 19.8 Å². The molecule has 2 aromatic carbocycles. The highest BCUT2D eigenvalue weighted by Gasteiger charge is 2.49. The monoisotopic (exact) mass is 502 g/mol. The molecule has 4 rings (SSSR count). The van der Waals surface area contributed by atoms with Crippen LogP contribution in [0.3, 0.4) is 0 Å². The summed E-state index contributed by atoms with van der Waals surface area (Å²) in [5.74, 6) is 1.25. The van der Waals surface area contributed by atoms with E-state index in [4.69, 9.17) is 35.3 Å². The summed E-state index contributed by atoms with van der Waals surface area (Å²) in [6.07, 6.45) is -1.66. The number of halogens is 1. The van der Waals surface area contributed by atoms with E-state index in [1.54, 1.807) is 12.1 Å². The van der Waals surface area contributed by atoms with Gasteiger partial charge in [0.15, 0.2) is 6.29 Å². The van der Waals surface area contributed by atoms with Gasteiger partial charge in [-0.15, -0.1) is 0 Å². The fourth-order valence-electron chi connectivity index (χ4n) is 4.35. The third kappa shape index (κ3) is 5.72. The van der Waals surface area contributed by atoms with Crippen molar-refractivity contribution in [3.63, 3.8) is 0 Å². The summed E-state index contributed by atoms with van der Waals surface area (Å²) >= 11 is 6.63. The Kier molecular flexibility index (Phi) is 8.49. The van der Waals surface area contributed by atoms with Gasteiger partial charge in [0.05, 0.1) is 13.2 Å². The number of rotatable bonds is 9. The van der Waals surface area contributed by atoms with Crippen LogP contribution in [0.25, 0.3) is 0 Å². The van der Waals surface area contributed by atoms with Crippen molar-refractivity contribution in [2.24, 2.45) is 0 Å². The average molecular weight is 503 g/mol. The van der Waals surface area contributed by atoms with E-state index >= 15 is 0 Å². The molecule has 0 amide bonds. The van der Waals surface area contributed by atoms with Crippen LogP contribution in [0.5, 0.6) is 11.5 Å². The van der Waals surface area contributed by atoms with Gasteiger partial charge in [-0.2, -0.15) is 0 Å². The van der Waals surface area contributed by atoms with Gasteiger partial charge in [-0.1, -0.05) is 43.0 Å². The number of aliphatic hydroxyl groups is 2. The first kappa shape index (κ1) is 25.7. The Morgan fingerprint density at radius 2 is 1.86 bits per heavy atom. The van der Waals surface area contributed by atoms with Gasteiger partial charge in [0, 0.05) is 10.6 Å². The number of fused-ring (bicyclic) bond motifs is 1. The Bertz CT molecular complexity index is 1020. The molecule has 2 aromatic rings. The van der Waals surface area contributed by atoms with E-state index in [0.717, 1.165) is 16.9 Å². The molecule has 188 valence electrons. The van der Waals surface area contributed by atoms with Gasteiger partial charge in [-0.25, -0.2) is 0 Å². The maximum atomic E-state index is 11.0. The molecule has 0 aromatic heterocycles. The third-order valence-electron chi connectivity index (χ3n) is 6.06. The van der Waals surface area contributed by atoms with Crippen molar-refractivity contribution in [3.05, 3.63) is 83.4 Å². The second kappa shape index (κ2) is 11.6. The Balaban J connectivity index is 1.64. The molecule has 35 heavy (non-hydrogen) atoms. The van der Waals surface area contributed by atoms with Crippen LogP contribution in [0.1, 0.15) is 29.7 Å². The lowest BCUT2D eigenvalue weighted by Crippen LogP contribution is -2.60. The normalized spacial score (nSPS) is 28.1. The lowest BCUT2D eigenvalue weighted by molar-refractivity contribution is -0.315. The zero-order chi connectivity index (χ0) is 24.9. The first-order valence-corrected chi connectivity index (χ1v) is 12.0. The standard InChI is InChI=1S/C27H31ClO7/c1-4-11-32-21-14-20(28)17(12-16-7-9-18(10-8-16)31-6-3)13-19(21)26-24(29)25(30)27-22(34-26)15-33-23(5-2)35-27/h4-5,7-10,13-14,22-27,29-30H,1-2,6,11-12,15H2,3H3/t22?,23?,24-,25?,26+,27-/m1/s1. The smallest absolute Gasteiger partial charge is 0.177 e. The zero-order valence-corrected chi connectivity index (χ0v) is 20.4. The van der Waals surface area contributed by atoms with Crippen molar-refractivity contribution >= 4 is 11.6 Å². The SMILES string of the molecule is C=CCOc1cc(Cl)c(Cc2ccc(OCC)cc2)cc1[C@@H]1OC2COC(C=C)O[C@H]2C(O)[C@H]1O. The summed E-state index contributed by atoms with van der Waals surface area (Å²) in [6, 6.07) is 11.4. The summed E-state index contributed by atoms with van der Waals surface area (Å²) in [7, 11) is 0. The molecule has 2 N–H and O–H groups in total. The van der Waals surface area contributed by atoms with Crippen molar-refractivity contribution in [2.45, 2.75) is 50.2 Å². The third-order valence-corrected chi connectivity index (χ3v) is 6.42. The quantitative estimate of drug-likeness (QED) is 0.501. The first-order chi connectivity index (χ1) is 16.9. The highest BCUT2D eigenvalue weighted by atomic mass is 35.5. The molecule has 2 aliphatic rings. The molecule has 2 saturated heterocycles. The van der Waals surface area contributed by atoms with E-state index in [1.165, 1.54) is 6.08 Å². The summed E-state index contributed by atoms with van der Waals surface area (Å²) in [5, 5.41) is 22.4. The van der Waals surface area contributed by atoms with E-state index < -0.39 is 36.8 Å². The molecule has 0 radical (unpaired) electrons. The molecule has 3 unspecified atom stereocenters. The topological polar surface area (TPSA) is 86.6 Å². The minimum Gasteiger partial charge on any atom is -0.494 e. The van der Waals surface area contributed by atoms with E-state index in [9.17, 15) is 10.2 Å². The maximum Gasteiger partial charge on any atom is 0.177 e. The van der Waals surface area contributed by atoms with Gasteiger partial charge >= 0.3 is 0 Å². The number of hydrogen-bond acceptors (Lipinski definition) is 7. The molecule has 7 nitrogen and oxygen atoms in total. The predicted molar refractivity (Wildman–Crippen MR) is 132 cm³/mol. The highest BCUT2D eigenvalue weighted by Crippen LogP contribution is 2.41. The van der Waals surface area contributed by atoms with Crippen LogP contribution in [-0.2, 0) is 20.6 Å². The molecule has 2 aliphatic heterocycles. The second-order valence-electron chi connectivity index (χ2n) is 8.45. The molecule has 8 heteroatoms. The molecule has 0 saturated carbocycles. The molecule has 0 bridgehead atoms. The Labute approximate surface area is 210 Å². The molecular weight excluding hydrogens is 472 g/mol. The Morgan fingerprint density at radius 3 is 2.54 bits per heavy atom. The zero-order valence-electron chi connectivity index (χ0n) is 19.6. The molecule has 6 atom stereocenters. The number of hydrogen-bond donors (Lipinski definition) is 2. The van der Waals surface area contributed by atoms with Crippen molar-refractivity contribution in [1.82, 2.24) is 0 Å². The van der Waals surface area contributed by atoms with Gasteiger partial charge in [-0.3, -0.25) is 0 Å². The van der Waals surface area contributed by atoms with Crippen LogP contribution < -0.4 is 9.47 Å². The van der Waals surface area contributed by atoms with E-state index in [2.05, 4.69) is 13.2 Å². The van der Waals surface area contributed by atoms with E-state index in [1.807, 2.05) is 37.3 Å². The summed E-state index contributed by atoms with van der Waals surface area (Å²) < 4.78 is 28.8. The Morgan fingerprint density at radius 1 is 1.09 bits per heavy atom. The van der Waals surface area contributed by atoms with Gasteiger partial charge in [0.25, 0.3) is 0 Å². The van der Waals surface area contributed by atoms with Gasteiger partial charge in [-0.05, 0) is 54.8 Å². The summed E-state index contributed by atoms with van der Waals surface area (Å²) in [5.41, 5.74) is 2.44. The van der Waals surface area contributed by atoms with Gasteiger partial charge in [0.1, 0.15) is 48.6 Å². The predicted octanol–water partition coefficient (Wildman–Crippen LogP) is 3.98. The van der Waals surface area contributed by atoms with Crippen LogP contribution in [0.4, 0.5) is 0 Å². The fourth-order valence-corrected chi connectivity index (χ4v) is 4.57. The number of ether oxygens (including phenoxy) is 5. The lowest BCUT2D eigenvalue weighted by Gasteiger charge is -2.46. The highest BCUT2D eigenvalue weighted by molar-refractivity contribution is 6.31. The summed E-state index contributed by atoms with van der Waals surface area (Å²) in [4.78, 5) is 0. The number of benzene rings is 2. The first-order valence-electron chi connectivity index (χ1n) is 11.6. The van der Waals surface area contributed by atoms with Crippen LogP contribution >= 0.6 is 11.6 Å². The molecule has 2 heterocycles. The number of aliphatic hydroxyl groups excluding tert-OH is 2. The van der Waals surface area contributed by atoms with Crippen molar-refractivity contribution in [3.8, 4) is 11.5 Å². The molecule has 0 spiro atoms. The largest absolute Gasteiger partial charge is 0.494 e. The average Bonchev–Trinajstić information content (AvgIpc) is 2.87. The van der Waals surface area contributed by atoms with Crippen molar-refractivity contribution < 1.29 is 33.9 Å². The Hall–Kier alpha value is -2.39. The maximum absolute atomic E-state index is 11.0. The van der Waals surface area contributed by atoms with Gasteiger partial charge < -0.3 is 33.9 Å². The molecular formula is C27H31ClO7. The van der Waals surface area contributed by atoms with E-state index in [0.29, 0.717) is 29.4 Å². The fraction of sp³-hybridized carbons (Fsp3) is 0.407. The summed E-state index contributed by atoms with van der Waals surface area (Å²) in [6.45, 7) is 10.3. The van der Waals surface area contributed by atoms with Crippen LogP contribution in [0.2, 0.25) is 5.02 Å². The molecule has 0 aliphatic carbocycles.